The van der Waals surface area contributed by atoms with Gasteiger partial charge in [0.05, 0.1) is 12.6 Å². The topological polar surface area (TPSA) is 88.2 Å². The quantitative estimate of drug-likeness (QED) is 0.472. The van der Waals surface area contributed by atoms with E-state index in [0.29, 0.717) is 16.3 Å². The highest BCUT2D eigenvalue weighted by Gasteiger charge is 2.14. The first-order valence-corrected chi connectivity index (χ1v) is 9.49. The first-order valence-electron chi connectivity index (χ1n) is 8.67. The van der Waals surface area contributed by atoms with Crippen LogP contribution in [0.25, 0.3) is 22.1 Å². The molecule has 0 saturated carbocycles. The Bertz CT molecular complexity index is 1250. The smallest absolute Gasteiger partial charge is 0.200 e. The van der Waals surface area contributed by atoms with Gasteiger partial charge < -0.3 is 15.5 Å². The number of fused-ring (bicyclic) bond motifs is 2. The molecule has 0 spiro atoms. The van der Waals surface area contributed by atoms with Gasteiger partial charge >= 0.3 is 0 Å². The van der Waals surface area contributed by atoms with Crippen LogP contribution in [0.4, 0.5) is 4.39 Å². The molecule has 4 aromatic rings. The zero-order valence-electron chi connectivity index (χ0n) is 15.7. The van der Waals surface area contributed by atoms with Crippen LogP contribution >= 0.6 is 11.8 Å². The molecule has 2 N–H and O–H groups in total. The SMILES string of the molecule is CN/C=C(\C=N)c1cc(F)c2nnc(Sc3ccc4nccc(OC)c4c3)n2c1. The van der Waals surface area contributed by atoms with Crippen LogP contribution < -0.4 is 10.1 Å². The van der Waals surface area contributed by atoms with Crippen molar-refractivity contribution in [3.05, 3.63) is 60.3 Å². The normalized spacial score (nSPS) is 11.8. The zero-order chi connectivity index (χ0) is 20.4. The van der Waals surface area contributed by atoms with Gasteiger partial charge in [0.15, 0.2) is 11.5 Å². The summed E-state index contributed by atoms with van der Waals surface area (Å²) in [6, 6.07) is 8.93. The molecule has 7 nitrogen and oxygen atoms in total. The lowest BCUT2D eigenvalue weighted by Crippen LogP contribution is -2.00. The molecule has 0 aliphatic carbocycles. The highest BCUT2D eigenvalue weighted by molar-refractivity contribution is 7.99. The number of allylic oxidation sites excluding steroid dienone is 1. The summed E-state index contributed by atoms with van der Waals surface area (Å²) in [6.07, 6.45) is 6.21. The predicted octanol–water partition coefficient (Wildman–Crippen LogP) is 3.79. The lowest BCUT2D eigenvalue weighted by Gasteiger charge is -2.07. The average molecular weight is 408 g/mol. The van der Waals surface area contributed by atoms with Gasteiger partial charge in [-0.3, -0.25) is 9.38 Å². The van der Waals surface area contributed by atoms with Crippen molar-refractivity contribution in [1.29, 1.82) is 5.41 Å². The van der Waals surface area contributed by atoms with E-state index in [1.165, 1.54) is 17.8 Å². The molecule has 9 heteroatoms. The maximum Gasteiger partial charge on any atom is 0.200 e. The summed E-state index contributed by atoms with van der Waals surface area (Å²) >= 11 is 1.36. The minimum atomic E-state index is -0.505. The van der Waals surface area contributed by atoms with E-state index in [0.717, 1.165) is 27.8 Å². The number of benzene rings is 1. The van der Waals surface area contributed by atoms with Crippen molar-refractivity contribution >= 4 is 40.1 Å². The number of hydrogen-bond donors (Lipinski definition) is 2. The van der Waals surface area contributed by atoms with E-state index in [2.05, 4.69) is 20.5 Å². The molecular weight excluding hydrogens is 391 g/mol. The van der Waals surface area contributed by atoms with Crippen LogP contribution in [0.15, 0.2) is 59.0 Å². The van der Waals surface area contributed by atoms with Crippen LogP contribution in [0.5, 0.6) is 5.75 Å². The summed E-state index contributed by atoms with van der Waals surface area (Å²) in [6.45, 7) is 0. The van der Waals surface area contributed by atoms with Crippen LogP contribution in [-0.4, -0.2) is 40.0 Å². The third kappa shape index (κ3) is 3.52. The first kappa shape index (κ1) is 18.9. The van der Waals surface area contributed by atoms with E-state index in [4.69, 9.17) is 10.1 Å². The van der Waals surface area contributed by atoms with Gasteiger partial charge in [0.25, 0.3) is 0 Å². The van der Waals surface area contributed by atoms with Gasteiger partial charge in [-0.1, -0.05) is 0 Å². The van der Waals surface area contributed by atoms with Crippen molar-refractivity contribution < 1.29 is 9.13 Å². The van der Waals surface area contributed by atoms with Crippen LogP contribution in [0.1, 0.15) is 5.56 Å². The molecule has 0 saturated heterocycles. The zero-order valence-corrected chi connectivity index (χ0v) is 16.5. The van der Waals surface area contributed by atoms with Crippen LogP contribution in [0.2, 0.25) is 0 Å². The number of nitrogens with zero attached hydrogens (tertiary/aromatic N) is 4. The highest BCUT2D eigenvalue weighted by atomic mass is 32.2. The van der Waals surface area contributed by atoms with Crippen molar-refractivity contribution in [3.63, 3.8) is 0 Å². The maximum absolute atomic E-state index is 14.6. The molecule has 4 rings (SSSR count). The van der Waals surface area contributed by atoms with Gasteiger partial charge in [-0.15, -0.1) is 10.2 Å². The summed E-state index contributed by atoms with van der Waals surface area (Å²) in [5.41, 5.74) is 2.04. The molecule has 0 aliphatic heterocycles. The van der Waals surface area contributed by atoms with Crippen LogP contribution in [0.3, 0.4) is 0 Å². The Morgan fingerprint density at radius 1 is 1.28 bits per heavy atom. The van der Waals surface area contributed by atoms with Gasteiger partial charge in [-0.05, 0) is 42.1 Å². The Hall–Kier alpha value is -3.46. The molecule has 29 heavy (non-hydrogen) atoms. The van der Waals surface area contributed by atoms with Crippen molar-refractivity contribution in [3.8, 4) is 5.75 Å². The van der Waals surface area contributed by atoms with Crippen LogP contribution in [-0.2, 0) is 0 Å². The van der Waals surface area contributed by atoms with Crippen LogP contribution in [0, 0.1) is 11.2 Å². The number of pyridine rings is 2. The summed E-state index contributed by atoms with van der Waals surface area (Å²) in [7, 11) is 3.34. The number of ether oxygens (including phenoxy) is 1. The fraction of sp³-hybridized carbons (Fsp3) is 0.100. The molecule has 3 aromatic heterocycles. The Morgan fingerprint density at radius 2 is 2.14 bits per heavy atom. The van der Waals surface area contributed by atoms with Gasteiger partial charge in [0, 0.05) is 53.3 Å². The number of hydrogen-bond acceptors (Lipinski definition) is 7. The second-order valence-electron chi connectivity index (χ2n) is 6.08. The summed E-state index contributed by atoms with van der Waals surface area (Å²) in [5.74, 6) is 0.222. The molecule has 0 atom stereocenters. The van der Waals surface area contributed by atoms with Gasteiger partial charge in [-0.2, -0.15) is 0 Å². The minimum absolute atomic E-state index is 0.130. The molecule has 0 amide bonds. The molecule has 1 aromatic carbocycles. The molecule has 0 aliphatic rings. The van der Waals surface area contributed by atoms with Crippen molar-refractivity contribution in [2.24, 2.45) is 0 Å². The lowest BCUT2D eigenvalue weighted by atomic mass is 10.1. The van der Waals surface area contributed by atoms with Gasteiger partial charge in [-0.25, -0.2) is 4.39 Å². The lowest BCUT2D eigenvalue weighted by molar-refractivity contribution is 0.419. The number of aromatic nitrogens is 4. The van der Waals surface area contributed by atoms with E-state index in [1.807, 2.05) is 18.2 Å². The van der Waals surface area contributed by atoms with Crippen molar-refractivity contribution in [1.82, 2.24) is 24.9 Å². The molecule has 0 unspecified atom stereocenters. The largest absolute Gasteiger partial charge is 0.496 e. The van der Waals surface area contributed by atoms with Gasteiger partial charge in [0.1, 0.15) is 5.75 Å². The maximum atomic E-state index is 14.6. The Morgan fingerprint density at radius 3 is 2.90 bits per heavy atom. The molecule has 146 valence electrons. The Balaban J connectivity index is 1.78. The monoisotopic (exact) mass is 408 g/mol. The second kappa shape index (κ2) is 7.88. The van der Waals surface area contributed by atoms with E-state index < -0.39 is 5.82 Å². The second-order valence-corrected chi connectivity index (χ2v) is 7.12. The van der Waals surface area contributed by atoms with Crippen molar-refractivity contribution in [2.75, 3.05) is 14.2 Å². The summed E-state index contributed by atoms with van der Waals surface area (Å²) in [5, 5.41) is 19.9. The van der Waals surface area contributed by atoms with E-state index in [-0.39, 0.29) is 5.65 Å². The number of methoxy groups -OCH3 is 1. The number of nitrogens with one attached hydrogen (secondary N) is 2. The molecule has 3 heterocycles. The number of halogens is 1. The Labute approximate surface area is 170 Å². The van der Waals surface area contributed by atoms with E-state index >= 15 is 0 Å². The standard InChI is InChI=1S/C20H17FN6OS/c1-23-10-13(9-22)12-7-16(21)19-25-26-20(27(19)11-12)29-14-3-4-17-15(8-14)18(28-2)5-6-24-17/h3-11,22-23H,1-2H3/b13-10+,22-9?. The fourth-order valence-electron chi connectivity index (χ4n) is 2.97. The van der Waals surface area contributed by atoms with Gasteiger partial charge in [0.2, 0.25) is 5.16 Å². The van der Waals surface area contributed by atoms with E-state index in [9.17, 15) is 4.39 Å². The highest BCUT2D eigenvalue weighted by Crippen LogP contribution is 2.32. The summed E-state index contributed by atoms with van der Waals surface area (Å²) < 4.78 is 21.6. The average Bonchev–Trinajstić information content (AvgIpc) is 3.14. The minimum Gasteiger partial charge on any atom is -0.496 e. The molecule has 0 bridgehead atoms. The first-order chi connectivity index (χ1) is 14.1. The Kier molecular flexibility index (Phi) is 5.13. The van der Waals surface area contributed by atoms with Crippen molar-refractivity contribution in [2.45, 2.75) is 10.1 Å². The number of rotatable bonds is 6. The molecule has 0 radical (unpaired) electrons. The molecule has 0 fully saturated rings. The predicted molar refractivity (Wildman–Crippen MR) is 111 cm³/mol. The third-order valence-corrected chi connectivity index (χ3v) is 5.27. The summed E-state index contributed by atoms with van der Waals surface area (Å²) in [4.78, 5) is 5.23. The fourth-order valence-corrected chi connectivity index (χ4v) is 3.81. The molecular formula is C20H17FN6OS. The third-order valence-electron chi connectivity index (χ3n) is 4.32. The van der Waals surface area contributed by atoms with E-state index in [1.54, 1.807) is 43.2 Å².